The number of anilines is 1. The molecule has 0 bridgehead atoms. The molecular weight excluding hydrogens is 350 g/mol. The lowest BCUT2D eigenvalue weighted by atomic mass is 9.90. The van der Waals surface area contributed by atoms with Gasteiger partial charge < -0.3 is 15.3 Å². The summed E-state index contributed by atoms with van der Waals surface area (Å²) in [7, 11) is 0. The number of phenolic OH excluding ortho intramolecular Hbond substituents is 1. The van der Waals surface area contributed by atoms with Crippen molar-refractivity contribution < 1.29 is 9.90 Å². The molecule has 2 N–H and O–H groups in total. The van der Waals surface area contributed by atoms with Crippen molar-refractivity contribution in [2.45, 2.75) is 26.2 Å². The predicted molar refractivity (Wildman–Crippen MR) is 110 cm³/mol. The molecule has 5 nitrogen and oxygen atoms in total. The van der Waals surface area contributed by atoms with E-state index in [4.69, 9.17) is 0 Å². The van der Waals surface area contributed by atoms with Gasteiger partial charge in [-0.05, 0) is 55.4 Å². The highest BCUT2D eigenvalue weighted by atomic mass is 16.3. The van der Waals surface area contributed by atoms with Gasteiger partial charge in [-0.1, -0.05) is 36.4 Å². The van der Waals surface area contributed by atoms with Gasteiger partial charge in [-0.25, -0.2) is 0 Å². The second-order valence-corrected chi connectivity index (χ2v) is 7.26. The van der Waals surface area contributed by atoms with E-state index in [1.165, 1.54) is 11.8 Å². The first-order valence-corrected chi connectivity index (χ1v) is 9.56. The second kappa shape index (κ2) is 9.09. The van der Waals surface area contributed by atoms with Crippen LogP contribution in [0, 0.1) is 24.2 Å². The zero-order chi connectivity index (χ0) is 19.9. The van der Waals surface area contributed by atoms with E-state index in [2.05, 4.69) is 29.6 Å². The van der Waals surface area contributed by atoms with Crippen molar-refractivity contribution in [2.75, 3.05) is 18.4 Å². The van der Waals surface area contributed by atoms with E-state index in [0.29, 0.717) is 24.7 Å². The number of phenols is 1. The van der Waals surface area contributed by atoms with Crippen LogP contribution in [-0.2, 0) is 11.2 Å². The minimum Gasteiger partial charge on any atom is -0.506 e. The summed E-state index contributed by atoms with van der Waals surface area (Å²) in [5, 5.41) is 22.2. The molecule has 28 heavy (non-hydrogen) atoms. The molecule has 2 aromatic rings. The molecule has 3 rings (SSSR count). The first kappa shape index (κ1) is 19.5. The fraction of sp³-hybridized carbons (Fsp3) is 0.304. The van der Waals surface area contributed by atoms with E-state index in [-0.39, 0.29) is 17.2 Å². The summed E-state index contributed by atoms with van der Waals surface area (Å²) < 4.78 is 0. The Morgan fingerprint density at radius 1 is 1.25 bits per heavy atom. The van der Waals surface area contributed by atoms with Crippen molar-refractivity contribution in [3.8, 4) is 11.8 Å². The fourth-order valence-electron chi connectivity index (χ4n) is 3.52. The van der Waals surface area contributed by atoms with Gasteiger partial charge in [0, 0.05) is 19.3 Å². The van der Waals surface area contributed by atoms with Crippen molar-refractivity contribution in [3.05, 3.63) is 71.4 Å². The topological polar surface area (TPSA) is 76.4 Å². The van der Waals surface area contributed by atoms with E-state index in [0.717, 1.165) is 24.8 Å². The van der Waals surface area contributed by atoms with Gasteiger partial charge in [-0.3, -0.25) is 4.79 Å². The number of nitrogens with zero attached hydrogens (tertiary/aromatic N) is 2. The van der Waals surface area contributed by atoms with Gasteiger partial charge in [0.1, 0.15) is 17.4 Å². The smallest absolute Gasteiger partial charge is 0.266 e. The predicted octanol–water partition coefficient (Wildman–Crippen LogP) is 4.00. The van der Waals surface area contributed by atoms with Crippen LogP contribution in [-0.4, -0.2) is 29.0 Å². The summed E-state index contributed by atoms with van der Waals surface area (Å²) in [4.78, 5) is 14.4. The van der Waals surface area contributed by atoms with E-state index in [1.807, 2.05) is 19.1 Å². The number of carbonyl (C=O) groups is 1. The zero-order valence-electron chi connectivity index (χ0n) is 16.1. The van der Waals surface area contributed by atoms with E-state index >= 15 is 0 Å². The molecule has 1 saturated heterocycles. The fourth-order valence-corrected chi connectivity index (χ4v) is 3.52. The molecule has 1 aliphatic heterocycles. The van der Waals surface area contributed by atoms with Crippen LogP contribution < -0.4 is 5.32 Å². The lowest BCUT2D eigenvalue weighted by Gasteiger charge is -2.32. The number of benzene rings is 2. The lowest BCUT2D eigenvalue weighted by molar-refractivity contribution is -0.128. The third-order valence-electron chi connectivity index (χ3n) is 5.14. The molecule has 0 aliphatic carbocycles. The lowest BCUT2D eigenvalue weighted by Crippen LogP contribution is -2.39. The third-order valence-corrected chi connectivity index (χ3v) is 5.14. The molecule has 0 spiro atoms. The van der Waals surface area contributed by atoms with Gasteiger partial charge in [0.15, 0.2) is 0 Å². The van der Waals surface area contributed by atoms with Crippen LogP contribution in [0.2, 0.25) is 0 Å². The standard InChI is InChI=1S/C23H25N3O2/c1-17-7-8-22(27)21(13-17)25-16-20(15-24)23(28)26-11-9-19(10-12-26)14-18-5-3-2-4-6-18/h2-8,13,16,19,25,27H,9-12,14H2,1H3/b20-16-. The van der Waals surface area contributed by atoms with Crippen LogP contribution in [0.15, 0.2) is 60.3 Å². The third kappa shape index (κ3) is 4.92. The Morgan fingerprint density at radius 2 is 1.96 bits per heavy atom. The van der Waals surface area contributed by atoms with Gasteiger partial charge in [-0.15, -0.1) is 0 Å². The molecular formula is C23H25N3O2. The zero-order valence-corrected chi connectivity index (χ0v) is 16.1. The SMILES string of the molecule is Cc1ccc(O)c(N/C=C(/C#N)C(=O)N2CCC(Cc3ccccc3)CC2)c1. The number of likely N-dealkylation sites (tertiary alicyclic amines) is 1. The number of nitrogens with one attached hydrogen (secondary N) is 1. The molecule has 1 fully saturated rings. The van der Waals surface area contributed by atoms with Crippen LogP contribution in [0.3, 0.4) is 0 Å². The van der Waals surface area contributed by atoms with Crippen molar-refractivity contribution >= 4 is 11.6 Å². The first-order valence-electron chi connectivity index (χ1n) is 9.56. The number of hydrogen-bond acceptors (Lipinski definition) is 4. The monoisotopic (exact) mass is 375 g/mol. The maximum Gasteiger partial charge on any atom is 0.266 e. The Hall–Kier alpha value is -3.26. The Balaban J connectivity index is 1.58. The van der Waals surface area contributed by atoms with Crippen LogP contribution in [0.1, 0.15) is 24.0 Å². The molecule has 144 valence electrons. The summed E-state index contributed by atoms with van der Waals surface area (Å²) in [6.45, 7) is 3.22. The maximum atomic E-state index is 12.7. The number of piperidine rings is 1. The van der Waals surface area contributed by atoms with Gasteiger partial charge in [0.2, 0.25) is 0 Å². The molecule has 0 unspecified atom stereocenters. The Bertz CT molecular complexity index is 892. The van der Waals surface area contributed by atoms with Crippen molar-refractivity contribution in [2.24, 2.45) is 5.92 Å². The van der Waals surface area contributed by atoms with Gasteiger partial charge in [0.25, 0.3) is 5.91 Å². The van der Waals surface area contributed by atoms with Crippen LogP contribution in [0.5, 0.6) is 5.75 Å². The summed E-state index contributed by atoms with van der Waals surface area (Å²) in [6, 6.07) is 17.5. The highest BCUT2D eigenvalue weighted by Gasteiger charge is 2.25. The van der Waals surface area contributed by atoms with Crippen molar-refractivity contribution in [3.63, 3.8) is 0 Å². The number of aromatic hydroxyl groups is 1. The van der Waals surface area contributed by atoms with Crippen LogP contribution in [0.4, 0.5) is 5.69 Å². The second-order valence-electron chi connectivity index (χ2n) is 7.26. The van der Waals surface area contributed by atoms with Crippen molar-refractivity contribution in [1.29, 1.82) is 5.26 Å². The molecule has 0 atom stereocenters. The molecule has 5 heteroatoms. The summed E-state index contributed by atoms with van der Waals surface area (Å²) in [5.74, 6) is 0.372. The minimum atomic E-state index is -0.264. The summed E-state index contributed by atoms with van der Waals surface area (Å²) in [6.07, 6.45) is 4.28. The normalized spacial score (nSPS) is 15.1. The van der Waals surface area contributed by atoms with Gasteiger partial charge >= 0.3 is 0 Å². The molecule has 1 aliphatic rings. The molecule has 0 saturated carbocycles. The Morgan fingerprint density at radius 3 is 2.64 bits per heavy atom. The van der Waals surface area contributed by atoms with Crippen molar-refractivity contribution in [1.82, 2.24) is 4.90 Å². The molecule has 0 aromatic heterocycles. The highest BCUT2D eigenvalue weighted by Crippen LogP contribution is 2.25. The van der Waals surface area contributed by atoms with Crippen LogP contribution >= 0.6 is 0 Å². The molecule has 0 radical (unpaired) electrons. The van der Waals surface area contributed by atoms with E-state index in [9.17, 15) is 15.2 Å². The van der Waals surface area contributed by atoms with Gasteiger partial charge in [0.05, 0.1) is 5.69 Å². The number of amides is 1. The number of nitriles is 1. The number of rotatable bonds is 5. The Labute approximate surface area is 165 Å². The summed E-state index contributed by atoms with van der Waals surface area (Å²) >= 11 is 0. The Kier molecular flexibility index (Phi) is 6.33. The maximum absolute atomic E-state index is 12.7. The quantitative estimate of drug-likeness (QED) is 0.470. The summed E-state index contributed by atoms with van der Waals surface area (Å²) in [5.41, 5.74) is 2.82. The highest BCUT2D eigenvalue weighted by molar-refractivity contribution is 5.97. The van der Waals surface area contributed by atoms with Crippen LogP contribution in [0.25, 0.3) is 0 Å². The van der Waals surface area contributed by atoms with E-state index < -0.39 is 0 Å². The van der Waals surface area contributed by atoms with Gasteiger partial charge in [-0.2, -0.15) is 5.26 Å². The average molecular weight is 375 g/mol. The average Bonchev–Trinajstić information content (AvgIpc) is 2.72. The first-order chi connectivity index (χ1) is 13.6. The minimum absolute atomic E-state index is 0.0439. The largest absolute Gasteiger partial charge is 0.506 e. The number of carbonyl (C=O) groups excluding carboxylic acids is 1. The van der Waals surface area contributed by atoms with E-state index in [1.54, 1.807) is 23.1 Å². The number of hydrogen-bond donors (Lipinski definition) is 2. The molecule has 1 heterocycles. The molecule has 2 aromatic carbocycles. The molecule has 1 amide bonds. The number of aryl methyl sites for hydroxylation is 1.